The van der Waals surface area contributed by atoms with E-state index in [2.05, 4.69) is 41.5 Å². The minimum absolute atomic E-state index is 0.319. The first-order chi connectivity index (χ1) is 8.10. The van der Waals surface area contributed by atoms with E-state index < -0.39 is 0 Å². The Morgan fingerprint density at radius 3 is 2.11 bits per heavy atom. The van der Waals surface area contributed by atoms with Crippen molar-refractivity contribution in [3.8, 4) is 0 Å². The van der Waals surface area contributed by atoms with Gasteiger partial charge in [0.05, 0.1) is 5.69 Å². The van der Waals surface area contributed by atoms with Crippen molar-refractivity contribution in [2.45, 2.75) is 53.9 Å². The summed E-state index contributed by atoms with van der Waals surface area (Å²) in [6.45, 7) is 13.8. The van der Waals surface area contributed by atoms with Crippen LogP contribution < -0.4 is 5.73 Å². The largest absolute Gasteiger partial charge is 0.384 e. The fourth-order valence-electron chi connectivity index (χ4n) is 3.33. The zero-order chi connectivity index (χ0) is 13.9. The Morgan fingerprint density at radius 1 is 1.22 bits per heavy atom. The van der Waals surface area contributed by atoms with Crippen LogP contribution in [-0.2, 0) is 13.5 Å². The molecule has 0 spiro atoms. The molecule has 1 heterocycles. The van der Waals surface area contributed by atoms with Crippen molar-refractivity contribution in [3.05, 3.63) is 11.3 Å². The summed E-state index contributed by atoms with van der Waals surface area (Å²) in [4.78, 5) is 0. The normalized spacial score (nSPS) is 21.6. The van der Waals surface area contributed by atoms with Crippen LogP contribution in [0, 0.1) is 16.7 Å². The van der Waals surface area contributed by atoms with Crippen molar-refractivity contribution in [3.63, 3.8) is 0 Å². The van der Waals surface area contributed by atoms with E-state index in [0.717, 1.165) is 12.2 Å². The average molecular weight is 249 g/mol. The smallest absolute Gasteiger partial charge is 0.124 e. The number of hydrogen-bond acceptors (Lipinski definition) is 2. The Morgan fingerprint density at radius 2 is 1.72 bits per heavy atom. The number of aryl methyl sites for hydroxylation is 1. The van der Waals surface area contributed by atoms with Gasteiger partial charge in [0.1, 0.15) is 5.82 Å². The van der Waals surface area contributed by atoms with Gasteiger partial charge in [-0.15, -0.1) is 0 Å². The minimum Gasteiger partial charge on any atom is -0.384 e. The molecule has 2 N–H and O–H groups in total. The first kappa shape index (κ1) is 13.4. The van der Waals surface area contributed by atoms with Crippen molar-refractivity contribution < 1.29 is 0 Å². The highest BCUT2D eigenvalue weighted by Gasteiger charge is 2.66. The highest BCUT2D eigenvalue weighted by molar-refractivity contribution is 5.49. The molecule has 0 radical (unpaired) electrons. The highest BCUT2D eigenvalue weighted by atomic mass is 15.3. The van der Waals surface area contributed by atoms with Crippen LogP contribution in [0.15, 0.2) is 0 Å². The van der Waals surface area contributed by atoms with Crippen LogP contribution in [0.2, 0.25) is 0 Å². The van der Waals surface area contributed by atoms with Crippen LogP contribution in [0.4, 0.5) is 5.82 Å². The standard InChI is InChI=1S/C15H27N3/c1-9(2)8-10-11(17-18(7)13(10)16)12-14(3,4)15(12,5)6/h9,12H,8,16H2,1-7H3. The molecule has 3 nitrogen and oxygen atoms in total. The Hall–Kier alpha value is -0.990. The lowest BCUT2D eigenvalue weighted by Gasteiger charge is -2.07. The maximum Gasteiger partial charge on any atom is 0.124 e. The first-order valence-corrected chi connectivity index (χ1v) is 6.92. The van der Waals surface area contributed by atoms with Crippen LogP contribution in [0.3, 0.4) is 0 Å². The maximum absolute atomic E-state index is 6.19. The lowest BCUT2D eigenvalue weighted by molar-refractivity contribution is 0.457. The molecule has 0 unspecified atom stereocenters. The number of hydrogen-bond donors (Lipinski definition) is 1. The van der Waals surface area contributed by atoms with Crippen LogP contribution in [0.5, 0.6) is 0 Å². The second-order valence-electron chi connectivity index (χ2n) is 7.35. The lowest BCUT2D eigenvalue weighted by Crippen LogP contribution is -2.03. The topological polar surface area (TPSA) is 43.8 Å². The molecule has 1 aliphatic rings. The third-order valence-electron chi connectivity index (χ3n) is 5.13. The van der Waals surface area contributed by atoms with E-state index in [1.165, 1.54) is 11.3 Å². The lowest BCUT2D eigenvalue weighted by atomic mass is 9.98. The summed E-state index contributed by atoms with van der Waals surface area (Å²) >= 11 is 0. The van der Waals surface area contributed by atoms with E-state index in [4.69, 9.17) is 10.8 Å². The monoisotopic (exact) mass is 249 g/mol. The fraction of sp³-hybridized carbons (Fsp3) is 0.800. The Labute approximate surface area is 111 Å². The maximum atomic E-state index is 6.19. The van der Waals surface area contributed by atoms with Gasteiger partial charge < -0.3 is 5.73 Å². The molecule has 0 bridgehead atoms. The quantitative estimate of drug-likeness (QED) is 0.892. The molecule has 3 heteroatoms. The summed E-state index contributed by atoms with van der Waals surface area (Å²) in [7, 11) is 1.95. The van der Waals surface area contributed by atoms with Gasteiger partial charge in [0, 0.05) is 18.5 Å². The van der Waals surface area contributed by atoms with Gasteiger partial charge in [-0.05, 0) is 23.2 Å². The van der Waals surface area contributed by atoms with Gasteiger partial charge in [-0.25, -0.2) is 0 Å². The molecule has 102 valence electrons. The van der Waals surface area contributed by atoms with E-state index in [1.807, 2.05) is 11.7 Å². The summed E-state index contributed by atoms with van der Waals surface area (Å²) in [5.74, 6) is 1.99. The molecule has 0 aromatic carbocycles. The van der Waals surface area contributed by atoms with Crippen molar-refractivity contribution >= 4 is 5.82 Å². The minimum atomic E-state index is 0.319. The molecule has 1 aliphatic carbocycles. The van der Waals surface area contributed by atoms with E-state index in [-0.39, 0.29) is 0 Å². The van der Waals surface area contributed by atoms with Crippen molar-refractivity contribution in [1.82, 2.24) is 9.78 Å². The van der Waals surface area contributed by atoms with Crippen LogP contribution >= 0.6 is 0 Å². The molecule has 2 rings (SSSR count). The van der Waals surface area contributed by atoms with E-state index in [0.29, 0.717) is 22.7 Å². The number of nitrogen functional groups attached to an aromatic ring is 1. The number of nitrogens with zero attached hydrogens (tertiary/aromatic N) is 2. The molecule has 1 aromatic heterocycles. The molecule has 18 heavy (non-hydrogen) atoms. The molecule has 0 amide bonds. The predicted octanol–water partition coefficient (Wildman–Crippen LogP) is 3.35. The number of rotatable bonds is 3. The molecular formula is C15H27N3. The molecular weight excluding hydrogens is 222 g/mol. The summed E-state index contributed by atoms with van der Waals surface area (Å²) < 4.78 is 1.84. The summed E-state index contributed by atoms with van der Waals surface area (Å²) in [5.41, 5.74) is 9.34. The summed E-state index contributed by atoms with van der Waals surface area (Å²) in [6.07, 6.45) is 1.03. The number of nitrogens with two attached hydrogens (primary N) is 1. The van der Waals surface area contributed by atoms with Gasteiger partial charge in [-0.1, -0.05) is 41.5 Å². The van der Waals surface area contributed by atoms with Gasteiger partial charge in [0.2, 0.25) is 0 Å². The average Bonchev–Trinajstić information content (AvgIpc) is 2.46. The Kier molecular flexibility index (Phi) is 2.80. The van der Waals surface area contributed by atoms with Crippen molar-refractivity contribution in [2.24, 2.45) is 23.8 Å². The highest BCUT2D eigenvalue weighted by Crippen LogP contribution is 2.73. The van der Waals surface area contributed by atoms with Gasteiger partial charge in [-0.2, -0.15) is 5.10 Å². The third-order valence-corrected chi connectivity index (χ3v) is 5.13. The predicted molar refractivity (Wildman–Crippen MR) is 76.5 cm³/mol. The van der Waals surface area contributed by atoms with E-state index in [9.17, 15) is 0 Å². The van der Waals surface area contributed by atoms with Gasteiger partial charge >= 0.3 is 0 Å². The van der Waals surface area contributed by atoms with Crippen LogP contribution in [0.1, 0.15) is 58.7 Å². The van der Waals surface area contributed by atoms with E-state index >= 15 is 0 Å². The second-order valence-corrected chi connectivity index (χ2v) is 7.35. The molecule has 1 aromatic rings. The SMILES string of the molecule is CC(C)Cc1c(C2C(C)(C)C2(C)C)nn(C)c1N. The fourth-order valence-corrected chi connectivity index (χ4v) is 3.33. The van der Waals surface area contributed by atoms with E-state index in [1.54, 1.807) is 0 Å². The zero-order valence-electron chi connectivity index (χ0n) is 12.8. The van der Waals surface area contributed by atoms with Crippen molar-refractivity contribution in [2.75, 3.05) is 5.73 Å². The number of aromatic nitrogens is 2. The van der Waals surface area contributed by atoms with Gasteiger partial charge in [-0.3, -0.25) is 4.68 Å². The number of anilines is 1. The molecule has 0 aliphatic heterocycles. The molecule has 1 fully saturated rings. The summed E-state index contributed by atoms with van der Waals surface area (Å²) in [6, 6.07) is 0. The second kappa shape index (κ2) is 3.75. The third kappa shape index (κ3) is 1.67. The van der Waals surface area contributed by atoms with Crippen LogP contribution in [0.25, 0.3) is 0 Å². The summed E-state index contributed by atoms with van der Waals surface area (Å²) in [5, 5.41) is 4.71. The van der Waals surface area contributed by atoms with Gasteiger partial charge in [0.15, 0.2) is 0 Å². The first-order valence-electron chi connectivity index (χ1n) is 6.92. The molecule has 0 saturated heterocycles. The Bertz CT molecular complexity index is 452. The zero-order valence-corrected chi connectivity index (χ0v) is 12.8. The van der Waals surface area contributed by atoms with Crippen LogP contribution in [-0.4, -0.2) is 9.78 Å². The molecule has 0 atom stereocenters. The van der Waals surface area contributed by atoms with Crippen molar-refractivity contribution in [1.29, 1.82) is 0 Å². The van der Waals surface area contributed by atoms with Gasteiger partial charge in [0.25, 0.3) is 0 Å². The molecule has 1 saturated carbocycles. The Balaban J connectivity index is 2.44.